The minimum Gasteiger partial charge on any atom is -0.483 e. The molecule has 1 aromatic carbocycles. The molecule has 0 spiro atoms. The second-order valence-corrected chi connectivity index (χ2v) is 3.21. The first kappa shape index (κ1) is 10.6. The van der Waals surface area contributed by atoms with Crippen LogP contribution in [0.25, 0.3) is 0 Å². The Kier molecular flexibility index (Phi) is 3.14. The van der Waals surface area contributed by atoms with Crippen LogP contribution in [0.2, 0.25) is 0 Å². The van der Waals surface area contributed by atoms with Gasteiger partial charge in [-0.2, -0.15) is 5.10 Å². The molecule has 5 heteroatoms. The molecule has 16 heavy (non-hydrogen) atoms. The second-order valence-electron chi connectivity index (χ2n) is 3.21. The Morgan fingerprint density at radius 1 is 1.38 bits per heavy atom. The van der Waals surface area contributed by atoms with E-state index in [0.717, 1.165) is 6.54 Å². The zero-order valence-electron chi connectivity index (χ0n) is 8.93. The number of aryl methyl sites for hydroxylation is 1. The van der Waals surface area contributed by atoms with Crippen LogP contribution in [0.15, 0.2) is 30.6 Å². The fourth-order valence-electron chi connectivity index (χ4n) is 1.37. The molecule has 0 aliphatic carbocycles. The van der Waals surface area contributed by atoms with E-state index in [4.69, 9.17) is 4.74 Å². The number of aromatic nitrogens is 3. The Bertz CT molecular complexity index is 470. The predicted molar refractivity (Wildman–Crippen MR) is 56.4 cm³/mol. The van der Waals surface area contributed by atoms with Gasteiger partial charge < -0.3 is 4.74 Å². The highest BCUT2D eigenvalue weighted by molar-refractivity contribution is 5.23. The SMILES string of the molecule is CCn1ncnc1COc1ccccc1F. The van der Waals surface area contributed by atoms with Gasteiger partial charge in [0.1, 0.15) is 12.9 Å². The van der Waals surface area contributed by atoms with Gasteiger partial charge in [-0.05, 0) is 19.1 Å². The first-order valence-electron chi connectivity index (χ1n) is 5.05. The fraction of sp³-hybridized carbons (Fsp3) is 0.273. The van der Waals surface area contributed by atoms with Crippen molar-refractivity contribution in [2.45, 2.75) is 20.1 Å². The third-order valence-corrected chi connectivity index (χ3v) is 2.19. The molecule has 84 valence electrons. The smallest absolute Gasteiger partial charge is 0.165 e. The molecule has 0 fully saturated rings. The highest BCUT2D eigenvalue weighted by Gasteiger charge is 2.05. The molecule has 0 unspecified atom stereocenters. The van der Waals surface area contributed by atoms with Crippen LogP contribution < -0.4 is 4.74 Å². The summed E-state index contributed by atoms with van der Waals surface area (Å²) in [5.41, 5.74) is 0. The van der Waals surface area contributed by atoms with Gasteiger partial charge in [-0.3, -0.25) is 0 Å². The van der Waals surface area contributed by atoms with Gasteiger partial charge >= 0.3 is 0 Å². The number of ether oxygens (including phenoxy) is 1. The summed E-state index contributed by atoms with van der Waals surface area (Å²) in [6, 6.07) is 6.29. The van der Waals surface area contributed by atoms with Gasteiger partial charge in [0.25, 0.3) is 0 Å². The number of rotatable bonds is 4. The third-order valence-electron chi connectivity index (χ3n) is 2.19. The van der Waals surface area contributed by atoms with Crippen molar-refractivity contribution in [3.05, 3.63) is 42.2 Å². The maximum atomic E-state index is 13.2. The Hall–Kier alpha value is -1.91. The average Bonchev–Trinajstić information content (AvgIpc) is 2.75. The molecule has 2 aromatic rings. The van der Waals surface area contributed by atoms with E-state index in [1.165, 1.54) is 12.4 Å². The van der Waals surface area contributed by atoms with E-state index in [2.05, 4.69) is 10.1 Å². The topological polar surface area (TPSA) is 39.9 Å². The molecule has 0 saturated heterocycles. The average molecular weight is 221 g/mol. The van der Waals surface area contributed by atoms with Gasteiger partial charge in [0.15, 0.2) is 17.4 Å². The largest absolute Gasteiger partial charge is 0.483 e. The van der Waals surface area contributed by atoms with Crippen molar-refractivity contribution in [2.75, 3.05) is 0 Å². The third kappa shape index (κ3) is 2.18. The Morgan fingerprint density at radius 3 is 2.94 bits per heavy atom. The molecule has 4 nitrogen and oxygen atoms in total. The summed E-state index contributed by atoms with van der Waals surface area (Å²) >= 11 is 0. The summed E-state index contributed by atoms with van der Waals surface area (Å²) < 4.78 is 20.3. The van der Waals surface area contributed by atoms with Crippen molar-refractivity contribution in [2.24, 2.45) is 0 Å². The van der Waals surface area contributed by atoms with Crippen LogP contribution in [0.1, 0.15) is 12.7 Å². The van der Waals surface area contributed by atoms with Gasteiger partial charge in [-0.25, -0.2) is 14.1 Å². The van der Waals surface area contributed by atoms with E-state index in [1.807, 2.05) is 6.92 Å². The van der Waals surface area contributed by atoms with Gasteiger partial charge in [0, 0.05) is 6.54 Å². The fourth-order valence-corrected chi connectivity index (χ4v) is 1.37. The summed E-state index contributed by atoms with van der Waals surface area (Å²) in [5, 5.41) is 4.00. The number of nitrogens with zero attached hydrogens (tertiary/aromatic N) is 3. The molecular formula is C11H12FN3O. The molecule has 0 amide bonds. The van der Waals surface area contributed by atoms with Crippen molar-refractivity contribution < 1.29 is 9.13 Å². The zero-order chi connectivity index (χ0) is 11.4. The first-order chi connectivity index (χ1) is 7.81. The number of hydrogen-bond acceptors (Lipinski definition) is 3. The highest BCUT2D eigenvalue weighted by Crippen LogP contribution is 2.16. The lowest BCUT2D eigenvalue weighted by Crippen LogP contribution is -2.07. The first-order valence-corrected chi connectivity index (χ1v) is 5.05. The summed E-state index contributed by atoms with van der Waals surface area (Å²) in [6.07, 6.45) is 1.46. The quantitative estimate of drug-likeness (QED) is 0.792. The number of halogens is 1. The zero-order valence-corrected chi connectivity index (χ0v) is 8.93. The lowest BCUT2D eigenvalue weighted by atomic mass is 10.3. The number of hydrogen-bond donors (Lipinski definition) is 0. The van der Waals surface area contributed by atoms with Crippen molar-refractivity contribution in [3.8, 4) is 5.75 Å². The van der Waals surface area contributed by atoms with E-state index < -0.39 is 0 Å². The van der Waals surface area contributed by atoms with Crippen LogP contribution in [-0.2, 0) is 13.2 Å². The normalized spacial score (nSPS) is 10.4. The Labute approximate surface area is 92.7 Å². The summed E-state index contributed by atoms with van der Waals surface area (Å²) in [7, 11) is 0. The standard InChI is InChI=1S/C11H12FN3O/c1-2-15-11(13-8-14-15)7-16-10-6-4-3-5-9(10)12/h3-6,8H,2,7H2,1H3. The molecule has 0 atom stereocenters. The Balaban J connectivity index is 2.05. The van der Waals surface area contributed by atoms with Crippen LogP contribution in [0.3, 0.4) is 0 Å². The number of para-hydroxylation sites is 1. The highest BCUT2D eigenvalue weighted by atomic mass is 19.1. The van der Waals surface area contributed by atoms with Gasteiger partial charge in [0.2, 0.25) is 0 Å². The van der Waals surface area contributed by atoms with E-state index in [1.54, 1.807) is 22.9 Å². The van der Waals surface area contributed by atoms with E-state index in [-0.39, 0.29) is 18.2 Å². The molecule has 2 rings (SSSR count). The maximum Gasteiger partial charge on any atom is 0.165 e. The monoisotopic (exact) mass is 221 g/mol. The van der Waals surface area contributed by atoms with Gasteiger partial charge in [0.05, 0.1) is 0 Å². The van der Waals surface area contributed by atoms with Crippen LogP contribution in [-0.4, -0.2) is 14.8 Å². The lowest BCUT2D eigenvalue weighted by Gasteiger charge is -2.06. The molecule has 0 bridgehead atoms. The van der Waals surface area contributed by atoms with Crippen molar-refractivity contribution in [3.63, 3.8) is 0 Å². The maximum absolute atomic E-state index is 13.2. The van der Waals surface area contributed by atoms with Crippen LogP contribution >= 0.6 is 0 Å². The molecule has 0 N–H and O–H groups in total. The molecule has 0 aliphatic rings. The minimum absolute atomic E-state index is 0.217. The van der Waals surface area contributed by atoms with E-state index in [9.17, 15) is 4.39 Å². The second kappa shape index (κ2) is 4.74. The van der Waals surface area contributed by atoms with Crippen molar-refractivity contribution >= 4 is 0 Å². The molecular weight excluding hydrogens is 209 g/mol. The van der Waals surface area contributed by atoms with Crippen LogP contribution in [0.5, 0.6) is 5.75 Å². The minimum atomic E-state index is -0.370. The van der Waals surface area contributed by atoms with Crippen molar-refractivity contribution in [1.29, 1.82) is 0 Å². The molecule has 0 saturated carbocycles. The number of benzene rings is 1. The Morgan fingerprint density at radius 2 is 2.19 bits per heavy atom. The lowest BCUT2D eigenvalue weighted by molar-refractivity contribution is 0.273. The molecule has 1 heterocycles. The van der Waals surface area contributed by atoms with Gasteiger partial charge in [-0.1, -0.05) is 12.1 Å². The summed E-state index contributed by atoms with van der Waals surface area (Å²) in [6.45, 7) is 2.89. The summed E-state index contributed by atoms with van der Waals surface area (Å²) in [4.78, 5) is 4.04. The van der Waals surface area contributed by atoms with Gasteiger partial charge in [-0.15, -0.1) is 0 Å². The van der Waals surface area contributed by atoms with Crippen LogP contribution in [0, 0.1) is 5.82 Å². The molecule has 0 aliphatic heterocycles. The predicted octanol–water partition coefficient (Wildman–Crippen LogP) is 2.02. The van der Waals surface area contributed by atoms with E-state index in [0.29, 0.717) is 5.82 Å². The van der Waals surface area contributed by atoms with Crippen LogP contribution in [0.4, 0.5) is 4.39 Å². The molecule has 0 radical (unpaired) electrons. The van der Waals surface area contributed by atoms with Crippen molar-refractivity contribution in [1.82, 2.24) is 14.8 Å². The molecule has 1 aromatic heterocycles. The van der Waals surface area contributed by atoms with E-state index >= 15 is 0 Å². The summed E-state index contributed by atoms with van der Waals surface area (Å²) in [5.74, 6) is 0.545.